The van der Waals surface area contributed by atoms with Crippen molar-refractivity contribution in [1.29, 1.82) is 0 Å². The van der Waals surface area contributed by atoms with Crippen LogP contribution < -0.4 is 5.32 Å². The molecule has 1 atom stereocenters. The van der Waals surface area contributed by atoms with Gasteiger partial charge in [-0.3, -0.25) is 4.79 Å². The maximum absolute atomic E-state index is 11.4. The van der Waals surface area contributed by atoms with Gasteiger partial charge < -0.3 is 15.0 Å². The molecule has 1 heterocycles. The lowest BCUT2D eigenvalue weighted by Gasteiger charge is -2.29. The second-order valence-corrected chi connectivity index (χ2v) is 3.58. The molecule has 0 aliphatic carbocycles. The predicted molar refractivity (Wildman–Crippen MR) is 50.5 cm³/mol. The number of nitrogens with one attached hydrogen (secondary N) is 1. The number of carbonyl (C=O) groups is 1. The van der Waals surface area contributed by atoms with Gasteiger partial charge in [0.2, 0.25) is 5.91 Å². The monoisotopic (exact) mass is 186 g/mol. The van der Waals surface area contributed by atoms with E-state index in [1.807, 2.05) is 4.90 Å². The Bertz CT molecular complexity index is 173. The number of nitrogens with zero attached hydrogens (tertiary/aromatic N) is 1. The summed E-state index contributed by atoms with van der Waals surface area (Å²) in [7, 11) is 1.69. The first-order valence-corrected chi connectivity index (χ1v) is 4.71. The number of hydrogen-bond donors (Lipinski definition) is 1. The minimum atomic E-state index is 0.203. The van der Waals surface area contributed by atoms with Gasteiger partial charge in [0.15, 0.2) is 0 Å². The van der Waals surface area contributed by atoms with Gasteiger partial charge in [0.25, 0.3) is 0 Å². The van der Waals surface area contributed by atoms with E-state index in [1.54, 1.807) is 7.11 Å². The molecule has 0 bridgehead atoms. The second-order valence-electron chi connectivity index (χ2n) is 3.58. The van der Waals surface area contributed by atoms with Crippen molar-refractivity contribution in [2.24, 2.45) is 5.92 Å². The van der Waals surface area contributed by atoms with Crippen LogP contribution in [-0.4, -0.2) is 50.7 Å². The number of amides is 1. The zero-order valence-corrected chi connectivity index (χ0v) is 8.38. The molecule has 1 N–H and O–H groups in total. The van der Waals surface area contributed by atoms with Crippen LogP contribution in [0.1, 0.15) is 6.92 Å². The number of methoxy groups -OCH3 is 1. The maximum Gasteiger partial charge on any atom is 0.236 e. The number of rotatable bonds is 4. The number of piperazine rings is 1. The van der Waals surface area contributed by atoms with E-state index in [4.69, 9.17) is 4.74 Å². The fourth-order valence-corrected chi connectivity index (χ4v) is 1.55. The lowest BCUT2D eigenvalue weighted by atomic mass is 10.1. The first-order valence-electron chi connectivity index (χ1n) is 4.71. The Morgan fingerprint density at radius 2 is 2.46 bits per heavy atom. The van der Waals surface area contributed by atoms with Gasteiger partial charge in [0.05, 0.1) is 13.2 Å². The molecule has 0 aromatic heterocycles. The van der Waals surface area contributed by atoms with E-state index in [2.05, 4.69) is 12.2 Å². The van der Waals surface area contributed by atoms with Crippen LogP contribution in [0.3, 0.4) is 0 Å². The molecule has 1 aliphatic heterocycles. The molecule has 0 aromatic carbocycles. The smallest absolute Gasteiger partial charge is 0.236 e. The Kier molecular flexibility index (Phi) is 4.18. The molecule has 0 saturated carbocycles. The molecule has 1 aliphatic rings. The van der Waals surface area contributed by atoms with Crippen molar-refractivity contribution >= 4 is 5.91 Å². The average molecular weight is 186 g/mol. The van der Waals surface area contributed by atoms with E-state index >= 15 is 0 Å². The third kappa shape index (κ3) is 3.32. The zero-order valence-electron chi connectivity index (χ0n) is 8.38. The molecule has 4 nitrogen and oxygen atoms in total. The summed E-state index contributed by atoms with van der Waals surface area (Å²) in [6, 6.07) is 0. The highest BCUT2D eigenvalue weighted by Crippen LogP contribution is 2.02. The first-order chi connectivity index (χ1) is 6.24. The second kappa shape index (κ2) is 5.19. The van der Waals surface area contributed by atoms with Gasteiger partial charge in [0, 0.05) is 26.7 Å². The van der Waals surface area contributed by atoms with Gasteiger partial charge in [-0.25, -0.2) is 0 Å². The fourth-order valence-electron chi connectivity index (χ4n) is 1.55. The Labute approximate surface area is 79.2 Å². The highest BCUT2D eigenvalue weighted by Gasteiger charge is 2.19. The molecule has 1 amide bonds. The molecule has 76 valence electrons. The van der Waals surface area contributed by atoms with Crippen LogP contribution in [0, 0.1) is 5.92 Å². The summed E-state index contributed by atoms with van der Waals surface area (Å²) in [6.45, 7) is 5.85. The van der Waals surface area contributed by atoms with Crippen molar-refractivity contribution < 1.29 is 9.53 Å². The molecule has 0 spiro atoms. The highest BCUT2D eigenvalue weighted by atomic mass is 16.5. The summed E-state index contributed by atoms with van der Waals surface area (Å²) in [5, 5.41) is 3.05. The summed E-state index contributed by atoms with van der Waals surface area (Å²) in [5.74, 6) is 0.626. The molecular weight excluding hydrogens is 168 g/mol. The number of hydrogen-bond acceptors (Lipinski definition) is 3. The van der Waals surface area contributed by atoms with E-state index in [-0.39, 0.29) is 5.91 Å². The van der Waals surface area contributed by atoms with Gasteiger partial charge in [-0.15, -0.1) is 0 Å². The quantitative estimate of drug-likeness (QED) is 0.655. The highest BCUT2D eigenvalue weighted by molar-refractivity contribution is 5.78. The van der Waals surface area contributed by atoms with Crippen molar-refractivity contribution in [2.75, 3.05) is 39.9 Å². The third-order valence-corrected chi connectivity index (χ3v) is 2.17. The summed E-state index contributed by atoms with van der Waals surface area (Å²) >= 11 is 0. The summed E-state index contributed by atoms with van der Waals surface area (Å²) in [4.78, 5) is 13.3. The maximum atomic E-state index is 11.4. The molecular formula is C9H18N2O2. The summed E-state index contributed by atoms with van der Waals surface area (Å²) in [5.41, 5.74) is 0. The van der Waals surface area contributed by atoms with Crippen LogP contribution in [0.5, 0.6) is 0 Å². The topological polar surface area (TPSA) is 41.6 Å². The first kappa shape index (κ1) is 10.5. The Morgan fingerprint density at radius 1 is 1.69 bits per heavy atom. The standard InChI is InChI=1S/C9H18N2O2/c1-8(7-13-2)6-11-4-3-10-5-9(11)12/h8,10H,3-7H2,1-2H3. The fraction of sp³-hybridized carbons (Fsp3) is 0.889. The molecule has 0 aromatic rings. The Balaban J connectivity index is 2.29. The van der Waals surface area contributed by atoms with E-state index in [0.717, 1.165) is 26.2 Å². The van der Waals surface area contributed by atoms with Crippen LogP contribution in [0.2, 0.25) is 0 Å². The molecule has 13 heavy (non-hydrogen) atoms. The van der Waals surface area contributed by atoms with E-state index in [1.165, 1.54) is 0 Å². The van der Waals surface area contributed by atoms with Crippen LogP contribution in [0.15, 0.2) is 0 Å². The van der Waals surface area contributed by atoms with E-state index < -0.39 is 0 Å². The molecule has 4 heteroatoms. The predicted octanol–water partition coefficient (Wildman–Crippen LogP) is -0.299. The third-order valence-electron chi connectivity index (χ3n) is 2.17. The molecule has 1 rings (SSSR count). The van der Waals surface area contributed by atoms with Gasteiger partial charge in [-0.05, 0) is 5.92 Å². The molecule has 1 saturated heterocycles. The minimum Gasteiger partial charge on any atom is -0.384 e. The van der Waals surface area contributed by atoms with Gasteiger partial charge in [-0.1, -0.05) is 6.92 Å². The Hall–Kier alpha value is -0.610. The van der Waals surface area contributed by atoms with Gasteiger partial charge >= 0.3 is 0 Å². The summed E-state index contributed by atoms with van der Waals surface area (Å²) in [6.07, 6.45) is 0. The van der Waals surface area contributed by atoms with E-state index in [0.29, 0.717) is 12.5 Å². The largest absolute Gasteiger partial charge is 0.384 e. The lowest BCUT2D eigenvalue weighted by Crippen LogP contribution is -2.49. The molecule has 1 fully saturated rings. The normalized spacial score (nSPS) is 20.5. The SMILES string of the molecule is COCC(C)CN1CCNCC1=O. The Morgan fingerprint density at radius 3 is 3.08 bits per heavy atom. The van der Waals surface area contributed by atoms with Crippen molar-refractivity contribution in [3.63, 3.8) is 0 Å². The minimum absolute atomic E-state index is 0.203. The number of ether oxygens (including phenoxy) is 1. The van der Waals surface area contributed by atoms with Crippen LogP contribution in [0.4, 0.5) is 0 Å². The number of carbonyl (C=O) groups excluding carboxylic acids is 1. The van der Waals surface area contributed by atoms with Crippen LogP contribution >= 0.6 is 0 Å². The average Bonchev–Trinajstić information content (AvgIpc) is 2.09. The van der Waals surface area contributed by atoms with Crippen molar-refractivity contribution in [3.8, 4) is 0 Å². The van der Waals surface area contributed by atoms with E-state index in [9.17, 15) is 4.79 Å². The van der Waals surface area contributed by atoms with Crippen LogP contribution in [0.25, 0.3) is 0 Å². The van der Waals surface area contributed by atoms with Crippen molar-refractivity contribution in [1.82, 2.24) is 10.2 Å². The summed E-state index contributed by atoms with van der Waals surface area (Å²) < 4.78 is 5.03. The zero-order chi connectivity index (χ0) is 9.68. The molecule has 0 radical (unpaired) electrons. The van der Waals surface area contributed by atoms with Crippen LogP contribution in [-0.2, 0) is 9.53 Å². The lowest BCUT2D eigenvalue weighted by molar-refractivity contribution is -0.132. The van der Waals surface area contributed by atoms with Gasteiger partial charge in [0.1, 0.15) is 0 Å². The van der Waals surface area contributed by atoms with Gasteiger partial charge in [-0.2, -0.15) is 0 Å². The molecule has 1 unspecified atom stereocenters. The van der Waals surface area contributed by atoms with Crippen molar-refractivity contribution in [2.45, 2.75) is 6.92 Å². The van der Waals surface area contributed by atoms with Crippen molar-refractivity contribution in [3.05, 3.63) is 0 Å².